The maximum Gasteiger partial charge on any atom is 0.339 e. The van der Waals surface area contributed by atoms with Crippen LogP contribution < -0.4 is 0 Å². The number of esters is 1. The number of ether oxygens (including phenoxy) is 1. The van der Waals surface area contributed by atoms with Crippen LogP contribution >= 0.6 is 0 Å². The molecule has 0 amide bonds. The molecule has 1 aliphatic carbocycles. The highest BCUT2D eigenvalue weighted by Crippen LogP contribution is 2.32. The third-order valence-corrected chi connectivity index (χ3v) is 2.98. The van der Waals surface area contributed by atoms with Crippen LogP contribution in [0.25, 0.3) is 0 Å². The summed E-state index contributed by atoms with van der Waals surface area (Å²) in [5.41, 5.74) is 1.64. The van der Waals surface area contributed by atoms with E-state index in [1.807, 2.05) is 6.07 Å². The number of hydrogen-bond donors (Lipinski definition) is 0. The summed E-state index contributed by atoms with van der Waals surface area (Å²) >= 11 is 0. The summed E-state index contributed by atoms with van der Waals surface area (Å²) in [7, 11) is 1.38. The lowest BCUT2D eigenvalue weighted by Gasteiger charge is -2.08. The zero-order valence-corrected chi connectivity index (χ0v) is 8.90. The Morgan fingerprint density at radius 3 is 2.67 bits per heavy atom. The standard InChI is InChI=1S/C12H15NO2/c1-15-12(14)10-6-7-11(13-8-10)9-4-2-3-5-9/h6-9H,2-5H2,1H3. The molecule has 1 aromatic rings. The van der Waals surface area contributed by atoms with E-state index >= 15 is 0 Å². The lowest BCUT2D eigenvalue weighted by Crippen LogP contribution is -2.03. The Morgan fingerprint density at radius 2 is 2.13 bits per heavy atom. The lowest BCUT2D eigenvalue weighted by molar-refractivity contribution is 0.0600. The number of hydrogen-bond acceptors (Lipinski definition) is 3. The second-order valence-electron chi connectivity index (χ2n) is 3.94. The summed E-state index contributed by atoms with van der Waals surface area (Å²) in [5, 5.41) is 0. The quantitative estimate of drug-likeness (QED) is 0.696. The van der Waals surface area contributed by atoms with Gasteiger partial charge in [-0.3, -0.25) is 4.98 Å². The van der Waals surface area contributed by atoms with E-state index in [1.165, 1.54) is 32.8 Å². The van der Waals surface area contributed by atoms with Crippen molar-refractivity contribution in [3.63, 3.8) is 0 Å². The van der Waals surface area contributed by atoms with E-state index < -0.39 is 0 Å². The molecule has 0 unspecified atom stereocenters. The summed E-state index contributed by atoms with van der Waals surface area (Å²) in [6.07, 6.45) is 6.66. The minimum Gasteiger partial charge on any atom is -0.465 e. The van der Waals surface area contributed by atoms with E-state index in [0.29, 0.717) is 11.5 Å². The fraction of sp³-hybridized carbons (Fsp3) is 0.500. The molecule has 1 aromatic heterocycles. The number of pyridine rings is 1. The lowest BCUT2D eigenvalue weighted by atomic mass is 10.0. The Balaban J connectivity index is 2.12. The normalized spacial score (nSPS) is 16.6. The summed E-state index contributed by atoms with van der Waals surface area (Å²) in [6.45, 7) is 0. The van der Waals surface area contributed by atoms with Gasteiger partial charge in [-0.1, -0.05) is 12.8 Å². The number of methoxy groups -OCH3 is 1. The molecular formula is C12H15NO2. The Labute approximate surface area is 89.5 Å². The Kier molecular flexibility index (Phi) is 2.99. The molecule has 0 atom stereocenters. The number of aromatic nitrogens is 1. The first-order chi connectivity index (χ1) is 7.31. The summed E-state index contributed by atoms with van der Waals surface area (Å²) in [4.78, 5) is 15.5. The predicted octanol–water partition coefficient (Wildman–Crippen LogP) is 2.53. The Bertz CT molecular complexity index is 339. The van der Waals surface area contributed by atoms with Crippen molar-refractivity contribution < 1.29 is 9.53 Å². The minimum atomic E-state index is -0.319. The summed E-state index contributed by atoms with van der Waals surface area (Å²) in [6, 6.07) is 3.74. The molecule has 0 saturated heterocycles. The Morgan fingerprint density at radius 1 is 1.40 bits per heavy atom. The molecule has 0 N–H and O–H groups in total. The molecule has 1 fully saturated rings. The maximum absolute atomic E-state index is 11.2. The van der Waals surface area contributed by atoms with E-state index in [2.05, 4.69) is 9.72 Å². The van der Waals surface area contributed by atoms with Crippen LogP contribution in [0.3, 0.4) is 0 Å². The highest BCUT2D eigenvalue weighted by Gasteiger charge is 2.18. The number of carbonyl (C=O) groups is 1. The largest absolute Gasteiger partial charge is 0.465 e. The van der Waals surface area contributed by atoms with Gasteiger partial charge in [-0.05, 0) is 25.0 Å². The zero-order valence-electron chi connectivity index (χ0n) is 8.90. The van der Waals surface area contributed by atoms with Crippen LogP contribution in [-0.2, 0) is 4.74 Å². The van der Waals surface area contributed by atoms with Gasteiger partial charge < -0.3 is 4.74 Å². The van der Waals surface area contributed by atoms with Crippen molar-refractivity contribution in [1.82, 2.24) is 4.98 Å². The van der Waals surface area contributed by atoms with Crippen LogP contribution in [0.2, 0.25) is 0 Å². The maximum atomic E-state index is 11.2. The van der Waals surface area contributed by atoms with E-state index in [1.54, 1.807) is 12.3 Å². The van der Waals surface area contributed by atoms with Crippen LogP contribution in [0.15, 0.2) is 18.3 Å². The predicted molar refractivity (Wildman–Crippen MR) is 56.8 cm³/mol. The van der Waals surface area contributed by atoms with Gasteiger partial charge in [0.1, 0.15) is 0 Å². The van der Waals surface area contributed by atoms with Crippen molar-refractivity contribution in [2.75, 3.05) is 7.11 Å². The third kappa shape index (κ3) is 2.17. The van der Waals surface area contributed by atoms with E-state index in [9.17, 15) is 4.79 Å². The van der Waals surface area contributed by atoms with Gasteiger partial charge in [-0.15, -0.1) is 0 Å². The van der Waals surface area contributed by atoms with Crippen LogP contribution in [0.5, 0.6) is 0 Å². The SMILES string of the molecule is COC(=O)c1ccc(C2CCCC2)nc1. The first-order valence-corrected chi connectivity index (χ1v) is 5.35. The number of nitrogens with zero attached hydrogens (tertiary/aromatic N) is 1. The minimum absolute atomic E-state index is 0.319. The average molecular weight is 205 g/mol. The van der Waals surface area contributed by atoms with Gasteiger partial charge in [0.15, 0.2) is 0 Å². The number of carbonyl (C=O) groups excluding carboxylic acids is 1. The Hall–Kier alpha value is -1.38. The number of rotatable bonds is 2. The molecule has 1 saturated carbocycles. The smallest absolute Gasteiger partial charge is 0.339 e. The van der Waals surface area contributed by atoms with Gasteiger partial charge in [0, 0.05) is 17.8 Å². The van der Waals surface area contributed by atoms with Crippen LogP contribution in [-0.4, -0.2) is 18.1 Å². The molecule has 0 aliphatic heterocycles. The molecule has 1 heterocycles. The highest BCUT2D eigenvalue weighted by molar-refractivity contribution is 5.88. The van der Waals surface area contributed by atoms with Crippen molar-refractivity contribution in [1.29, 1.82) is 0 Å². The van der Waals surface area contributed by atoms with E-state index in [0.717, 1.165) is 5.69 Å². The van der Waals surface area contributed by atoms with Crippen molar-refractivity contribution in [3.05, 3.63) is 29.6 Å². The molecular weight excluding hydrogens is 190 g/mol. The first-order valence-electron chi connectivity index (χ1n) is 5.35. The topological polar surface area (TPSA) is 39.2 Å². The van der Waals surface area contributed by atoms with Crippen molar-refractivity contribution >= 4 is 5.97 Å². The molecule has 2 rings (SSSR count). The summed E-state index contributed by atoms with van der Waals surface area (Å²) in [5.74, 6) is 0.275. The van der Waals surface area contributed by atoms with Gasteiger partial charge in [-0.25, -0.2) is 4.79 Å². The van der Waals surface area contributed by atoms with Crippen molar-refractivity contribution in [2.24, 2.45) is 0 Å². The summed E-state index contributed by atoms with van der Waals surface area (Å²) < 4.78 is 4.62. The molecule has 15 heavy (non-hydrogen) atoms. The second-order valence-corrected chi connectivity index (χ2v) is 3.94. The molecule has 80 valence electrons. The molecule has 0 spiro atoms. The first kappa shape index (κ1) is 10.1. The monoisotopic (exact) mass is 205 g/mol. The van der Waals surface area contributed by atoms with Gasteiger partial charge in [0.2, 0.25) is 0 Å². The van der Waals surface area contributed by atoms with Gasteiger partial charge in [0.05, 0.1) is 12.7 Å². The fourth-order valence-electron chi connectivity index (χ4n) is 2.11. The van der Waals surface area contributed by atoms with E-state index in [4.69, 9.17) is 0 Å². The fourth-order valence-corrected chi connectivity index (χ4v) is 2.11. The molecule has 1 aliphatic rings. The van der Waals surface area contributed by atoms with Crippen LogP contribution in [0.1, 0.15) is 47.7 Å². The van der Waals surface area contributed by atoms with Crippen LogP contribution in [0, 0.1) is 0 Å². The molecule has 3 heteroatoms. The second kappa shape index (κ2) is 4.43. The zero-order chi connectivity index (χ0) is 10.7. The van der Waals surface area contributed by atoms with Crippen molar-refractivity contribution in [2.45, 2.75) is 31.6 Å². The van der Waals surface area contributed by atoms with Gasteiger partial charge in [0.25, 0.3) is 0 Å². The molecule has 0 radical (unpaired) electrons. The average Bonchev–Trinajstić information content (AvgIpc) is 2.82. The molecule has 3 nitrogen and oxygen atoms in total. The van der Waals surface area contributed by atoms with Gasteiger partial charge in [-0.2, -0.15) is 0 Å². The molecule has 0 aromatic carbocycles. The van der Waals surface area contributed by atoms with Gasteiger partial charge >= 0.3 is 5.97 Å². The highest BCUT2D eigenvalue weighted by atomic mass is 16.5. The third-order valence-electron chi connectivity index (χ3n) is 2.98. The molecule has 0 bridgehead atoms. The van der Waals surface area contributed by atoms with Crippen molar-refractivity contribution in [3.8, 4) is 0 Å². The van der Waals surface area contributed by atoms with Crippen LogP contribution in [0.4, 0.5) is 0 Å². The van der Waals surface area contributed by atoms with E-state index in [-0.39, 0.29) is 5.97 Å².